The van der Waals surface area contributed by atoms with Gasteiger partial charge in [0.1, 0.15) is 5.75 Å². The van der Waals surface area contributed by atoms with E-state index >= 15 is 0 Å². The summed E-state index contributed by atoms with van der Waals surface area (Å²) in [5.41, 5.74) is 0.749. The average molecular weight is 249 g/mol. The molecule has 0 heterocycles. The number of unbranched alkanes of at least 4 members (excludes halogenated alkanes) is 4. The highest BCUT2D eigenvalue weighted by atomic mass is 16.5. The first-order valence-corrected chi connectivity index (χ1v) is 6.70. The summed E-state index contributed by atoms with van der Waals surface area (Å²) in [6.07, 6.45) is 6.38. The largest absolute Gasteiger partial charge is 0.495 e. The first-order valence-electron chi connectivity index (χ1n) is 6.70. The first-order chi connectivity index (χ1) is 8.77. The molecule has 1 aromatic rings. The molecule has 0 radical (unpaired) electrons. The number of rotatable bonds is 8. The SMILES string of the molecule is CCCCCCCC(=O)Nc1ccccc1OC. The molecule has 0 aromatic heterocycles. The molecule has 0 atom stereocenters. The van der Waals surface area contributed by atoms with Crippen molar-refractivity contribution < 1.29 is 9.53 Å². The fourth-order valence-corrected chi connectivity index (χ4v) is 1.85. The number of hydrogen-bond donors (Lipinski definition) is 1. The van der Waals surface area contributed by atoms with Crippen LogP contribution >= 0.6 is 0 Å². The molecule has 18 heavy (non-hydrogen) atoms. The van der Waals surface area contributed by atoms with E-state index in [4.69, 9.17) is 4.74 Å². The highest BCUT2D eigenvalue weighted by molar-refractivity contribution is 5.92. The van der Waals surface area contributed by atoms with E-state index in [-0.39, 0.29) is 5.91 Å². The van der Waals surface area contributed by atoms with Crippen molar-refractivity contribution in [2.45, 2.75) is 45.4 Å². The minimum absolute atomic E-state index is 0.0657. The molecule has 0 bridgehead atoms. The van der Waals surface area contributed by atoms with Gasteiger partial charge in [-0.05, 0) is 18.6 Å². The molecule has 0 fully saturated rings. The summed E-state index contributed by atoms with van der Waals surface area (Å²) >= 11 is 0. The normalized spacial score (nSPS) is 10.1. The van der Waals surface area contributed by atoms with Crippen LogP contribution in [0.5, 0.6) is 5.75 Å². The van der Waals surface area contributed by atoms with Crippen molar-refractivity contribution in [1.29, 1.82) is 0 Å². The van der Waals surface area contributed by atoms with Crippen molar-refractivity contribution >= 4 is 11.6 Å². The molecule has 0 saturated heterocycles. The Balaban J connectivity index is 2.31. The lowest BCUT2D eigenvalue weighted by Gasteiger charge is -2.09. The summed E-state index contributed by atoms with van der Waals surface area (Å²) in [5.74, 6) is 0.771. The lowest BCUT2D eigenvalue weighted by atomic mass is 10.1. The van der Waals surface area contributed by atoms with Crippen LogP contribution in [0.25, 0.3) is 0 Å². The quantitative estimate of drug-likeness (QED) is 0.707. The van der Waals surface area contributed by atoms with Crippen LogP contribution in [0.15, 0.2) is 24.3 Å². The zero-order valence-corrected chi connectivity index (χ0v) is 11.4. The van der Waals surface area contributed by atoms with E-state index in [9.17, 15) is 4.79 Å². The molecule has 1 aromatic carbocycles. The number of anilines is 1. The fourth-order valence-electron chi connectivity index (χ4n) is 1.85. The second-order valence-corrected chi connectivity index (χ2v) is 4.41. The predicted octanol–water partition coefficient (Wildman–Crippen LogP) is 3.99. The van der Waals surface area contributed by atoms with Gasteiger partial charge in [0.05, 0.1) is 12.8 Å². The maximum Gasteiger partial charge on any atom is 0.224 e. The van der Waals surface area contributed by atoms with Crippen molar-refractivity contribution in [2.75, 3.05) is 12.4 Å². The number of benzene rings is 1. The zero-order chi connectivity index (χ0) is 13.2. The van der Waals surface area contributed by atoms with Crippen LogP contribution in [-0.2, 0) is 4.79 Å². The molecule has 0 spiro atoms. The highest BCUT2D eigenvalue weighted by Gasteiger charge is 2.06. The van der Waals surface area contributed by atoms with Crippen molar-refractivity contribution in [3.63, 3.8) is 0 Å². The minimum Gasteiger partial charge on any atom is -0.495 e. The molecule has 0 unspecified atom stereocenters. The van der Waals surface area contributed by atoms with E-state index in [0.717, 1.165) is 18.5 Å². The van der Waals surface area contributed by atoms with Gasteiger partial charge in [-0.1, -0.05) is 44.7 Å². The Morgan fingerprint density at radius 2 is 1.89 bits per heavy atom. The van der Waals surface area contributed by atoms with Crippen molar-refractivity contribution in [3.8, 4) is 5.75 Å². The van der Waals surface area contributed by atoms with Crippen molar-refractivity contribution in [1.82, 2.24) is 0 Å². The Kier molecular flexibility index (Phi) is 6.92. The average Bonchev–Trinajstić information content (AvgIpc) is 2.39. The van der Waals surface area contributed by atoms with Crippen molar-refractivity contribution in [2.24, 2.45) is 0 Å². The molecule has 0 aliphatic carbocycles. The van der Waals surface area contributed by atoms with Crippen LogP contribution in [0.1, 0.15) is 45.4 Å². The summed E-state index contributed by atoms with van der Waals surface area (Å²) in [5, 5.41) is 2.89. The molecule has 3 nitrogen and oxygen atoms in total. The molecule has 0 aliphatic heterocycles. The lowest BCUT2D eigenvalue weighted by Crippen LogP contribution is -2.11. The predicted molar refractivity (Wildman–Crippen MR) is 75.0 cm³/mol. The maximum atomic E-state index is 11.7. The number of ether oxygens (including phenoxy) is 1. The number of nitrogens with one attached hydrogen (secondary N) is 1. The highest BCUT2D eigenvalue weighted by Crippen LogP contribution is 2.23. The summed E-state index contributed by atoms with van der Waals surface area (Å²) in [6, 6.07) is 7.48. The molecular formula is C15H23NO2. The van der Waals surface area contributed by atoms with Gasteiger partial charge in [-0.25, -0.2) is 0 Å². The number of carbonyl (C=O) groups is 1. The van der Waals surface area contributed by atoms with Gasteiger partial charge in [-0.15, -0.1) is 0 Å². The minimum atomic E-state index is 0.0657. The number of methoxy groups -OCH3 is 1. The van der Waals surface area contributed by atoms with Crippen LogP contribution in [-0.4, -0.2) is 13.0 Å². The smallest absolute Gasteiger partial charge is 0.224 e. The number of para-hydroxylation sites is 2. The number of hydrogen-bond acceptors (Lipinski definition) is 2. The Morgan fingerprint density at radius 3 is 2.61 bits per heavy atom. The third-order valence-electron chi connectivity index (χ3n) is 2.89. The van der Waals surface area contributed by atoms with E-state index in [1.807, 2.05) is 24.3 Å². The van der Waals surface area contributed by atoms with Gasteiger partial charge in [0.15, 0.2) is 0 Å². The summed E-state index contributed by atoms with van der Waals surface area (Å²) in [4.78, 5) is 11.7. The van der Waals surface area contributed by atoms with Crippen LogP contribution < -0.4 is 10.1 Å². The van der Waals surface area contributed by atoms with Gasteiger partial charge in [-0.3, -0.25) is 4.79 Å². The van der Waals surface area contributed by atoms with Gasteiger partial charge in [0.2, 0.25) is 5.91 Å². The molecule has 1 rings (SSSR count). The van der Waals surface area contributed by atoms with Gasteiger partial charge >= 0.3 is 0 Å². The van der Waals surface area contributed by atoms with Crippen LogP contribution in [0.2, 0.25) is 0 Å². The van der Waals surface area contributed by atoms with Gasteiger partial charge in [0, 0.05) is 6.42 Å². The lowest BCUT2D eigenvalue weighted by molar-refractivity contribution is -0.116. The first kappa shape index (κ1) is 14.6. The van der Waals surface area contributed by atoms with E-state index in [1.165, 1.54) is 19.3 Å². The van der Waals surface area contributed by atoms with E-state index < -0.39 is 0 Å². The van der Waals surface area contributed by atoms with Crippen molar-refractivity contribution in [3.05, 3.63) is 24.3 Å². The maximum absolute atomic E-state index is 11.7. The third-order valence-corrected chi connectivity index (χ3v) is 2.89. The molecule has 100 valence electrons. The third kappa shape index (κ3) is 5.21. The fraction of sp³-hybridized carbons (Fsp3) is 0.533. The monoisotopic (exact) mass is 249 g/mol. The Bertz CT molecular complexity index is 363. The van der Waals surface area contributed by atoms with Crippen LogP contribution in [0, 0.1) is 0 Å². The zero-order valence-electron chi connectivity index (χ0n) is 11.4. The molecule has 1 amide bonds. The van der Waals surface area contributed by atoms with Gasteiger partial charge in [-0.2, -0.15) is 0 Å². The molecule has 0 saturated carbocycles. The summed E-state index contributed by atoms with van der Waals surface area (Å²) in [7, 11) is 1.61. The van der Waals surface area contributed by atoms with E-state index in [1.54, 1.807) is 7.11 Å². The second kappa shape index (κ2) is 8.56. The summed E-state index contributed by atoms with van der Waals surface area (Å²) in [6.45, 7) is 2.19. The Morgan fingerprint density at radius 1 is 1.17 bits per heavy atom. The molecular weight excluding hydrogens is 226 g/mol. The van der Waals surface area contributed by atoms with E-state index in [0.29, 0.717) is 12.2 Å². The molecule has 1 N–H and O–H groups in total. The summed E-state index contributed by atoms with van der Waals surface area (Å²) < 4.78 is 5.19. The number of carbonyl (C=O) groups excluding carboxylic acids is 1. The van der Waals surface area contributed by atoms with Crippen LogP contribution in [0.4, 0.5) is 5.69 Å². The molecule has 3 heteroatoms. The Labute approximate surface area is 110 Å². The Hall–Kier alpha value is -1.51. The van der Waals surface area contributed by atoms with Crippen LogP contribution in [0.3, 0.4) is 0 Å². The van der Waals surface area contributed by atoms with E-state index in [2.05, 4.69) is 12.2 Å². The van der Waals surface area contributed by atoms with Gasteiger partial charge in [0.25, 0.3) is 0 Å². The topological polar surface area (TPSA) is 38.3 Å². The standard InChI is InChI=1S/C15H23NO2/c1-3-4-5-6-7-12-15(17)16-13-10-8-9-11-14(13)18-2/h8-11H,3-7,12H2,1-2H3,(H,16,17). The number of amides is 1. The molecule has 0 aliphatic rings. The van der Waals surface area contributed by atoms with Gasteiger partial charge < -0.3 is 10.1 Å². The second-order valence-electron chi connectivity index (χ2n) is 4.41.